The molecule has 13 heavy (non-hydrogen) atoms. The Morgan fingerprint density at radius 2 is 2.38 bits per heavy atom. The summed E-state index contributed by atoms with van der Waals surface area (Å²) in [5.74, 6) is 1.95. The molecule has 0 radical (unpaired) electrons. The Kier molecular flexibility index (Phi) is 2.97. The van der Waals surface area contributed by atoms with Gasteiger partial charge in [-0.3, -0.25) is 0 Å². The second-order valence-electron chi connectivity index (χ2n) is 3.38. The van der Waals surface area contributed by atoms with Gasteiger partial charge in [0, 0.05) is 12.7 Å². The van der Waals surface area contributed by atoms with Crippen LogP contribution in [0.3, 0.4) is 0 Å². The highest BCUT2D eigenvalue weighted by molar-refractivity contribution is 14.1. The van der Waals surface area contributed by atoms with Crippen LogP contribution in [-0.2, 0) is 0 Å². The molecule has 70 valence electrons. The predicted molar refractivity (Wildman–Crippen MR) is 60.6 cm³/mol. The first-order valence-electron chi connectivity index (χ1n) is 4.55. The van der Waals surface area contributed by atoms with Crippen LogP contribution >= 0.6 is 22.6 Å². The van der Waals surface area contributed by atoms with E-state index in [2.05, 4.69) is 37.9 Å². The Balaban J connectivity index is 1.82. The lowest BCUT2D eigenvalue weighted by Gasteiger charge is -2.05. The minimum Gasteiger partial charge on any atom is -0.369 e. The summed E-state index contributed by atoms with van der Waals surface area (Å²) in [6.45, 7) is 1.04. The molecule has 1 fully saturated rings. The van der Waals surface area contributed by atoms with Gasteiger partial charge in [0.05, 0.1) is 3.57 Å². The molecule has 0 spiro atoms. The van der Waals surface area contributed by atoms with Crippen LogP contribution < -0.4 is 5.32 Å². The summed E-state index contributed by atoms with van der Waals surface area (Å²) in [7, 11) is 0. The Labute approximate surface area is 91.5 Å². The van der Waals surface area contributed by atoms with Gasteiger partial charge in [0.15, 0.2) is 0 Å². The van der Waals surface area contributed by atoms with E-state index in [1.54, 1.807) is 6.33 Å². The van der Waals surface area contributed by atoms with E-state index < -0.39 is 0 Å². The Morgan fingerprint density at radius 1 is 1.54 bits per heavy atom. The van der Waals surface area contributed by atoms with E-state index in [1.807, 2.05) is 6.20 Å². The fourth-order valence-electron chi connectivity index (χ4n) is 1.24. The average Bonchev–Trinajstić information content (AvgIpc) is 2.92. The van der Waals surface area contributed by atoms with E-state index in [1.165, 1.54) is 19.3 Å². The molecule has 1 aromatic rings. The van der Waals surface area contributed by atoms with Crippen molar-refractivity contribution < 1.29 is 0 Å². The molecule has 1 aromatic heterocycles. The number of hydrogen-bond donors (Lipinski definition) is 1. The van der Waals surface area contributed by atoms with Crippen LogP contribution in [0, 0.1) is 9.49 Å². The highest BCUT2D eigenvalue weighted by Gasteiger charge is 2.20. The molecule has 1 saturated carbocycles. The molecule has 2 rings (SSSR count). The van der Waals surface area contributed by atoms with Crippen molar-refractivity contribution in [2.75, 3.05) is 11.9 Å². The second-order valence-corrected chi connectivity index (χ2v) is 4.54. The lowest BCUT2D eigenvalue weighted by molar-refractivity contribution is 0.757. The third-order valence-electron chi connectivity index (χ3n) is 2.21. The van der Waals surface area contributed by atoms with Gasteiger partial charge in [-0.25, -0.2) is 9.97 Å². The summed E-state index contributed by atoms with van der Waals surface area (Å²) in [6.07, 6.45) is 7.53. The van der Waals surface area contributed by atoms with Crippen molar-refractivity contribution in [1.29, 1.82) is 0 Å². The van der Waals surface area contributed by atoms with Gasteiger partial charge in [-0.15, -0.1) is 0 Å². The largest absolute Gasteiger partial charge is 0.369 e. The minimum atomic E-state index is 0.969. The molecule has 0 aromatic carbocycles. The van der Waals surface area contributed by atoms with Crippen LogP contribution in [0.15, 0.2) is 12.5 Å². The van der Waals surface area contributed by atoms with E-state index >= 15 is 0 Å². The Morgan fingerprint density at radius 3 is 3.08 bits per heavy atom. The van der Waals surface area contributed by atoms with Crippen molar-refractivity contribution in [2.24, 2.45) is 5.92 Å². The molecule has 0 bridgehead atoms. The molecule has 0 amide bonds. The summed E-state index contributed by atoms with van der Waals surface area (Å²) < 4.78 is 1.09. The van der Waals surface area contributed by atoms with Crippen molar-refractivity contribution in [1.82, 2.24) is 9.97 Å². The van der Waals surface area contributed by atoms with Crippen LogP contribution in [0.2, 0.25) is 0 Å². The molecule has 0 unspecified atom stereocenters. The van der Waals surface area contributed by atoms with Crippen LogP contribution in [0.1, 0.15) is 19.3 Å². The SMILES string of the molecule is Ic1cncnc1NCCC1CC1. The smallest absolute Gasteiger partial charge is 0.142 e. The molecular weight excluding hydrogens is 277 g/mol. The van der Waals surface area contributed by atoms with Crippen molar-refractivity contribution in [3.05, 3.63) is 16.1 Å². The maximum atomic E-state index is 4.17. The third kappa shape index (κ3) is 2.79. The summed E-state index contributed by atoms with van der Waals surface area (Å²) in [5.41, 5.74) is 0. The molecule has 4 heteroatoms. The monoisotopic (exact) mass is 289 g/mol. The summed E-state index contributed by atoms with van der Waals surface area (Å²) in [6, 6.07) is 0. The summed E-state index contributed by atoms with van der Waals surface area (Å²) in [4.78, 5) is 8.11. The zero-order valence-corrected chi connectivity index (χ0v) is 9.49. The van der Waals surface area contributed by atoms with Gasteiger partial charge in [0.2, 0.25) is 0 Å². The van der Waals surface area contributed by atoms with Crippen LogP contribution in [0.4, 0.5) is 5.82 Å². The molecule has 1 N–H and O–H groups in total. The van der Waals surface area contributed by atoms with Gasteiger partial charge in [-0.2, -0.15) is 0 Å². The predicted octanol–water partition coefficient (Wildman–Crippen LogP) is 2.29. The maximum absolute atomic E-state index is 4.17. The van der Waals surface area contributed by atoms with Crippen molar-refractivity contribution in [2.45, 2.75) is 19.3 Å². The summed E-state index contributed by atoms with van der Waals surface area (Å²) in [5, 5.41) is 3.33. The first kappa shape index (κ1) is 9.18. The first-order chi connectivity index (χ1) is 6.36. The third-order valence-corrected chi connectivity index (χ3v) is 3.00. The fourth-order valence-corrected chi connectivity index (χ4v) is 1.73. The van der Waals surface area contributed by atoms with Gasteiger partial charge < -0.3 is 5.32 Å². The molecule has 3 nitrogen and oxygen atoms in total. The van der Waals surface area contributed by atoms with E-state index in [-0.39, 0.29) is 0 Å². The molecule has 0 atom stereocenters. The number of halogens is 1. The quantitative estimate of drug-likeness (QED) is 0.864. The number of hydrogen-bond acceptors (Lipinski definition) is 3. The van der Waals surface area contributed by atoms with Crippen molar-refractivity contribution >= 4 is 28.4 Å². The molecule has 0 aliphatic heterocycles. The molecule has 1 heterocycles. The summed E-state index contributed by atoms with van der Waals surface area (Å²) >= 11 is 2.25. The highest BCUT2D eigenvalue weighted by Crippen LogP contribution is 2.32. The van der Waals surface area contributed by atoms with Crippen molar-refractivity contribution in [3.8, 4) is 0 Å². The van der Waals surface area contributed by atoms with Crippen LogP contribution in [0.5, 0.6) is 0 Å². The molecule has 0 saturated heterocycles. The van der Waals surface area contributed by atoms with Gasteiger partial charge in [-0.05, 0) is 34.9 Å². The van der Waals surface area contributed by atoms with Gasteiger partial charge in [-0.1, -0.05) is 12.8 Å². The number of anilines is 1. The van der Waals surface area contributed by atoms with Crippen molar-refractivity contribution in [3.63, 3.8) is 0 Å². The molecule has 1 aliphatic carbocycles. The van der Waals surface area contributed by atoms with Gasteiger partial charge >= 0.3 is 0 Å². The second kappa shape index (κ2) is 4.21. The number of nitrogens with zero attached hydrogens (tertiary/aromatic N) is 2. The van der Waals surface area contributed by atoms with Crippen LogP contribution in [-0.4, -0.2) is 16.5 Å². The Hall–Kier alpha value is -0.390. The maximum Gasteiger partial charge on any atom is 0.142 e. The lowest BCUT2D eigenvalue weighted by atomic mass is 10.3. The zero-order chi connectivity index (χ0) is 9.10. The van der Waals surface area contributed by atoms with E-state index in [4.69, 9.17) is 0 Å². The van der Waals surface area contributed by atoms with E-state index in [0.29, 0.717) is 0 Å². The van der Waals surface area contributed by atoms with Crippen LogP contribution in [0.25, 0.3) is 0 Å². The van der Waals surface area contributed by atoms with Gasteiger partial charge in [0.25, 0.3) is 0 Å². The number of aromatic nitrogens is 2. The standard InChI is InChI=1S/C9H12IN3/c10-8-5-11-6-13-9(8)12-4-3-7-1-2-7/h5-7H,1-4H2,(H,11,12,13). The number of rotatable bonds is 4. The van der Waals surface area contributed by atoms with E-state index in [0.717, 1.165) is 21.9 Å². The first-order valence-corrected chi connectivity index (χ1v) is 5.63. The highest BCUT2D eigenvalue weighted by atomic mass is 127. The average molecular weight is 289 g/mol. The topological polar surface area (TPSA) is 37.8 Å². The Bertz CT molecular complexity index is 286. The lowest BCUT2D eigenvalue weighted by Crippen LogP contribution is -2.05. The minimum absolute atomic E-state index is 0.969. The molecule has 1 aliphatic rings. The number of nitrogens with one attached hydrogen (secondary N) is 1. The van der Waals surface area contributed by atoms with Gasteiger partial charge in [0.1, 0.15) is 12.1 Å². The molecular formula is C9H12IN3. The fraction of sp³-hybridized carbons (Fsp3) is 0.556. The normalized spacial score (nSPS) is 15.8. The van der Waals surface area contributed by atoms with E-state index in [9.17, 15) is 0 Å². The zero-order valence-electron chi connectivity index (χ0n) is 7.33.